The van der Waals surface area contributed by atoms with Crippen LogP contribution in [0.5, 0.6) is 5.75 Å². The molecule has 0 saturated heterocycles. The van der Waals surface area contributed by atoms with Gasteiger partial charge in [0.2, 0.25) is 0 Å². The monoisotopic (exact) mass is 261 g/mol. The van der Waals surface area contributed by atoms with E-state index in [4.69, 9.17) is 10.5 Å². The summed E-state index contributed by atoms with van der Waals surface area (Å²) in [6.07, 6.45) is 5.34. The fourth-order valence-corrected chi connectivity index (χ4v) is 3.33. The molecule has 1 aliphatic rings. The van der Waals surface area contributed by atoms with Crippen LogP contribution in [0.15, 0.2) is 18.2 Å². The molecule has 0 aromatic heterocycles. The third kappa shape index (κ3) is 3.11. The molecule has 0 amide bonds. The fourth-order valence-electron chi connectivity index (χ4n) is 3.33. The summed E-state index contributed by atoms with van der Waals surface area (Å²) in [5, 5.41) is 0. The second-order valence-electron chi connectivity index (χ2n) is 6.04. The first kappa shape index (κ1) is 14.4. The predicted octanol–water partition coefficient (Wildman–Crippen LogP) is 4.05. The van der Waals surface area contributed by atoms with Gasteiger partial charge >= 0.3 is 0 Å². The highest BCUT2D eigenvalue weighted by atomic mass is 16.5. The summed E-state index contributed by atoms with van der Waals surface area (Å²) in [6.45, 7) is 5.15. The number of ether oxygens (including phenoxy) is 1. The summed E-state index contributed by atoms with van der Waals surface area (Å²) in [5.74, 6) is 2.75. The molecule has 2 nitrogen and oxygen atoms in total. The Morgan fingerprint density at radius 2 is 1.95 bits per heavy atom. The van der Waals surface area contributed by atoms with E-state index in [0.717, 1.165) is 18.2 Å². The van der Waals surface area contributed by atoms with E-state index in [2.05, 4.69) is 32.0 Å². The normalized spacial score (nSPS) is 17.9. The molecule has 2 rings (SSSR count). The molecule has 1 fully saturated rings. The van der Waals surface area contributed by atoms with Crippen molar-refractivity contribution in [1.29, 1.82) is 0 Å². The Labute approximate surface area is 117 Å². The van der Waals surface area contributed by atoms with E-state index in [1.54, 1.807) is 7.11 Å². The summed E-state index contributed by atoms with van der Waals surface area (Å²) in [4.78, 5) is 0. The van der Waals surface area contributed by atoms with Gasteiger partial charge in [-0.2, -0.15) is 0 Å². The summed E-state index contributed by atoms with van der Waals surface area (Å²) in [7, 11) is 1.77. The van der Waals surface area contributed by atoms with E-state index in [-0.39, 0.29) is 0 Å². The van der Waals surface area contributed by atoms with Crippen LogP contribution in [-0.4, -0.2) is 13.7 Å². The first-order valence-corrected chi connectivity index (χ1v) is 7.55. The van der Waals surface area contributed by atoms with Gasteiger partial charge in [0.05, 0.1) is 7.11 Å². The van der Waals surface area contributed by atoms with E-state index in [0.29, 0.717) is 11.8 Å². The molecule has 1 unspecified atom stereocenters. The molecule has 2 heteroatoms. The van der Waals surface area contributed by atoms with Gasteiger partial charge in [-0.15, -0.1) is 0 Å². The van der Waals surface area contributed by atoms with E-state index in [1.807, 2.05) is 0 Å². The highest BCUT2D eigenvalue weighted by Gasteiger charge is 2.27. The van der Waals surface area contributed by atoms with E-state index in [1.165, 1.54) is 36.8 Å². The zero-order valence-corrected chi connectivity index (χ0v) is 12.5. The van der Waals surface area contributed by atoms with E-state index >= 15 is 0 Å². The maximum absolute atomic E-state index is 6.05. The van der Waals surface area contributed by atoms with Crippen molar-refractivity contribution in [2.45, 2.75) is 51.4 Å². The van der Waals surface area contributed by atoms with Gasteiger partial charge in [0, 0.05) is 5.92 Å². The smallest absolute Gasteiger partial charge is 0.122 e. The summed E-state index contributed by atoms with van der Waals surface area (Å²) in [6, 6.07) is 6.67. The number of benzene rings is 1. The highest BCUT2D eigenvalue weighted by Crippen LogP contribution is 2.40. The Morgan fingerprint density at radius 1 is 1.26 bits per heavy atom. The van der Waals surface area contributed by atoms with Crippen LogP contribution in [0.4, 0.5) is 0 Å². The topological polar surface area (TPSA) is 35.2 Å². The second-order valence-corrected chi connectivity index (χ2v) is 6.04. The van der Waals surface area contributed by atoms with Gasteiger partial charge in [0.15, 0.2) is 0 Å². The van der Waals surface area contributed by atoms with Crippen molar-refractivity contribution in [3.05, 3.63) is 29.3 Å². The van der Waals surface area contributed by atoms with Crippen molar-refractivity contribution in [3.63, 3.8) is 0 Å². The van der Waals surface area contributed by atoms with E-state index < -0.39 is 0 Å². The lowest BCUT2D eigenvalue weighted by molar-refractivity contribution is 0.383. The Bertz CT molecular complexity index is 408. The van der Waals surface area contributed by atoms with Gasteiger partial charge in [-0.3, -0.25) is 0 Å². The number of rotatable bonds is 5. The molecule has 1 saturated carbocycles. The molecule has 1 aromatic rings. The minimum atomic E-state index is 0.457. The zero-order valence-electron chi connectivity index (χ0n) is 12.5. The average Bonchev–Trinajstić information content (AvgIpc) is 2.93. The minimum absolute atomic E-state index is 0.457. The second kappa shape index (κ2) is 6.42. The standard InChI is InChI=1S/C17H27NO/c1-12(2)14-8-9-15(17(10-14)19-3)16(11-18)13-6-4-5-7-13/h8-10,12-13,16H,4-7,11,18H2,1-3H3. The Balaban J connectivity index is 2.30. The summed E-state index contributed by atoms with van der Waals surface area (Å²) >= 11 is 0. The van der Waals surface area contributed by atoms with Gasteiger partial charge in [0.1, 0.15) is 5.75 Å². The Kier molecular flexibility index (Phi) is 4.87. The Hall–Kier alpha value is -1.02. The van der Waals surface area contributed by atoms with Crippen molar-refractivity contribution in [2.24, 2.45) is 11.7 Å². The molecule has 0 aliphatic heterocycles. The van der Waals surface area contributed by atoms with Crippen molar-refractivity contribution >= 4 is 0 Å². The van der Waals surface area contributed by atoms with Gasteiger partial charge < -0.3 is 10.5 Å². The number of hydrogen-bond acceptors (Lipinski definition) is 2. The lowest BCUT2D eigenvalue weighted by Gasteiger charge is -2.25. The van der Waals surface area contributed by atoms with Gasteiger partial charge in [-0.25, -0.2) is 0 Å². The predicted molar refractivity (Wildman–Crippen MR) is 80.8 cm³/mol. The molecule has 2 N–H and O–H groups in total. The molecule has 1 aliphatic carbocycles. The number of hydrogen-bond donors (Lipinski definition) is 1. The van der Waals surface area contributed by atoms with Crippen LogP contribution in [0.3, 0.4) is 0 Å². The quantitative estimate of drug-likeness (QED) is 0.867. The molecule has 0 radical (unpaired) electrons. The molecule has 0 spiro atoms. The first-order chi connectivity index (χ1) is 9.17. The lowest BCUT2D eigenvalue weighted by atomic mass is 9.83. The van der Waals surface area contributed by atoms with Crippen molar-refractivity contribution < 1.29 is 4.74 Å². The van der Waals surface area contributed by atoms with Gasteiger partial charge in [-0.1, -0.05) is 38.8 Å². The first-order valence-electron chi connectivity index (χ1n) is 7.55. The molecule has 19 heavy (non-hydrogen) atoms. The highest BCUT2D eigenvalue weighted by molar-refractivity contribution is 5.41. The van der Waals surface area contributed by atoms with Crippen molar-refractivity contribution in [3.8, 4) is 5.75 Å². The van der Waals surface area contributed by atoms with Crippen LogP contribution < -0.4 is 10.5 Å². The van der Waals surface area contributed by atoms with Crippen LogP contribution in [0.2, 0.25) is 0 Å². The number of methoxy groups -OCH3 is 1. The van der Waals surface area contributed by atoms with Crippen molar-refractivity contribution in [1.82, 2.24) is 0 Å². The summed E-state index contributed by atoms with van der Waals surface area (Å²) < 4.78 is 5.62. The van der Waals surface area contributed by atoms with Crippen LogP contribution in [-0.2, 0) is 0 Å². The molecule has 106 valence electrons. The zero-order chi connectivity index (χ0) is 13.8. The SMILES string of the molecule is COc1cc(C(C)C)ccc1C(CN)C1CCCC1. The van der Waals surface area contributed by atoms with Gasteiger partial charge in [0.25, 0.3) is 0 Å². The molecular formula is C17H27NO. The summed E-state index contributed by atoms with van der Waals surface area (Å²) in [5.41, 5.74) is 8.69. The maximum Gasteiger partial charge on any atom is 0.122 e. The molecule has 1 aromatic carbocycles. The van der Waals surface area contributed by atoms with Crippen LogP contribution >= 0.6 is 0 Å². The fraction of sp³-hybridized carbons (Fsp3) is 0.647. The minimum Gasteiger partial charge on any atom is -0.496 e. The third-order valence-corrected chi connectivity index (χ3v) is 4.55. The maximum atomic E-state index is 6.05. The number of nitrogens with two attached hydrogens (primary N) is 1. The van der Waals surface area contributed by atoms with Crippen LogP contribution in [0, 0.1) is 5.92 Å². The van der Waals surface area contributed by atoms with Crippen LogP contribution in [0.25, 0.3) is 0 Å². The third-order valence-electron chi connectivity index (χ3n) is 4.55. The molecule has 1 atom stereocenters. The molecular weight excluding hydrogens is 234 g/mol. The van der Waals surface area contributed by atoms with Crippen LogP contribution in [0.1, 0.15) is 62.5 Å². The average molecular weight is 261 g/mol. The molecule has 0 bridgehead atoms. The van der Waals surface area contributed by atoms with Crippen molar-refractivity contribution in [2.75, 3.05) is 13.7 Å². The molecule has 0 heterocycles. The lowest BCUT2D eigenvalue weighted by Crippen LogP contribution is -2.20. The Morgan fingerprint density at radius 3 is 2.47 bits per heavy atom. The van der Waals surface area contributed by atoms with E-state index in [9.17, 15) is 0 Å². The van der Waals surface area contributed by atoms with Gasteiger partial charge in [-0.05, 0) is 48.4 Å². The largest absolute Gasteiger partial charge is 0.496 e.